The van der Waals surface area contributed by atoms with Gasteiger partial charge < -0.3 is 9.04 Å². The van der Waals surface area contributed by atoms with Crippen LogP contribution in [-0.2, 0) is 10.1 Å². The highest BCUT2D eigenvalue weighted by molar-refractivity contribution is 7.85. The third-order valence-electron chi connectivity index (χ3n) is 4.31. The summed E-state index contributed by atoms with van der Waals surface area (Å²) in [6, 6.07) is 5.78. The monoisotopic (exact) mass is 329 g/mol. The molecule has 0 heterocycles. The Hall–Kier alpha value is -0.910. The zero-order valence-corrected chi connectivity index (χ0v) is 15.4. The van der Waals surface area contributed by atoms with Crippen LogP contribution < -0.4 is 0 Å². The smallest absolute Gasteiger partial charge is 0.124 e. The van der Waals surface area contributed by atoms with Gasteiger partial charge in [-0.25, -0.2) is 8.42 Å². The summed E-state index contributed by atoms with van der Waals surface area (Å²) >= 11 is 0. The summed E-state index contributed by atoms with van der Waals surface area (Å²) in [4.78, 5) is -0.178. The van der Waals surface area contributed by atoms with E-state index in [0.717, 1.165) is 5.56 Å². The molecular formula is C17H31NO3S. The molecule has 0 aliphatic carbocycles. The number of unbranched alkanes of at least 4 members (excludes halogenated alkanes) is 1. The number of benzene rings is 1. The molecule has 4 nitrogen and oxygen atoms in total. The number of quaternary nitrogens is 1. The Kier molecular flexibility index (Phi) is 9.56. The van der Waals surface area contributed by atoms with Crippen LogP contribution in [-0.4, -0.2) is 43.6 Å². The van der Waals surface area contributed by atoms with Crippen LogP contribution in [0.3, 0.4) is 0 Å². The Morgan fingerprint density at radius 3 is 1.73 bits per heavy atom. The van der Waals surface area contributed by atoms with Gasteiger partial charge in [0.05, 0.1) is 31.1 Å². The van der Waals surface area contributed by atoms with Gasteiger partial charge in [-0.3, -0.25) is 0 Å². The molecule has 0 atom stereocenters. The topological polar surface area (TPSA) is 57.2 Å². The first kappa shape index (κ1) is 21.1. The van der Waals surface area contributed by atoms with Crippen LogP contribution in [0.5, 0.6) is 0 Å². The maximum Gasteiger partial charge on any atom is 0.124 e. The molecule has 5 heteroatoms. The van der Waals surface area contributed by atoms with Gasteiger partial charge in [-0.2, -0.15) is 0 Å². The summed E-state index contributed by atoms with van der Waals surface area (Å²) in [6.45, 7) is 16.3. The number of hydrogen-bond donors (Lipinski definition) is 0. The highest BCUT2D eigenvalue weighted by atomic mass is 32.2. The van der Waals surface area contributed by atoms with Crippen LogP contribution in [0.15, 0.2) is 29.2 Å². The minimum absolute atomic E-state index is 0.178. The number of nitrogens with zero attached hydrogens (tertiary/aromatic N) is 1. The molecule has 1 aromatic rings. The first-order valence-corrected chi connectivity index (χ1v) is 9.53. The maximum absolute atomic E-state index is 10.4. The molecule has 1 rings (SSSR count). The standard InChI is InChI=1S/C10H24N.C7H8O3S/c1-5-9-10-11(6-2,7-3)8-4;1-6-2-4-7(5-3-6)11(8,9)10/h5-10H2,1-4H3;2-5H,1H3,(H,8,9,10)/q+1;/p-1. The Morgan fingerprint density at radius 1 is 0.955 bits per heavy atom. The third-order valence-corrected chi connectivity index (χ3v) is 5.16. The van der Waals surface area contributed by atoms with Crippen molar-refractivity contribution in [1.29, 1.82) is 0 Å². The van der Waals surface area contributed by atoms with Crippen LogP contribution in [0.2, 0.25) is 0 Å². The van der Waals surface area contributed by atoms with Gasteiger partial charge in [-0.15, -0.1) is 0 Å². The van der Waals surface area contributed by atoms with Crippen LogP contribution in [0.1, 0.15) is 46.1 Å². The van der Waals surface area contributed by atoms with Crippen molar-refractivity contribution in [3.8, 4) is 0 Å². The van der Waals surface area contributed by atoms with Gasteiger partial charge in [0.15, 0.2) is 0 Å². The number of hydrogen-bond acceptors (Lipinski definition) is 3. The summed E-state index contributed by atoms with van der Waals surface area (Å²) in [6.07, 6.45) is 2.72. The van der Waals surface area contributed by atoms with Crippen LogP contribution in [0.4, 0.5) is 0 Å². The largest absolute Gasteiger partial charge is 0.744 e. The Morgan fingerprint density at radius 2 is 1.41 bits per heavy atom. The molecule has 0 N–H and O–H groups in total. The third kappa shape index (κ3) is 7.38. The highest BCUT2D eigenvalue weighted by Gasteiger charge is 2.18. The lowest BCUT2D eigenvalue weighted by molar-refractivity contribution is -0.923. The fraction of sp³-hybridized carbons (Fsp3) is 0.647. The Balaban J connectivity index is 0.000000401. The molecular weight excluding hydrogens is 298 g/mol. The van der Waals surface area contributed by atoms with Gasteiger partial charge in [0, 0.05) is 0 Å². The summed E-state index contributed by atoms with van der Waals surface area (Å²) in [5.41, 5.74) is 0.928. The summed E-state index contributed by atoms with van der Waals surface area (Å²) in [5.74, 6) is 0. The molecule has 1 aromatic carbocycles. The van der Waals surface area contributed by atoms with E-state index in [2.05, 4.69) is 27.7 Å². The first-order chi connectivity index (χ1) is 10.2. The number of aryl methyl sites for hydroxylation is 1. The van der Waals surface area contributed by atoms with Gasteiger partial charge in [-0.05, 0) is 46.2 Å². The van der Waals surface area contributed by atoms with E-state index in [0.29, 0.717) is 0 Å². The fourth-order valence-corrected chi connectivity index (χ4v) is 2.81. The van der Waals surface area contributed by atoms with E-state index in [9.17, 15) is 13.0 Å². The van der Waals surface area contributed by atoms with Gasteiger partial charge in [0.25, 0.3) is 0 Å². The molecule has 22 heavy (non-hydrogen) atoms. The van der Waals surface area contributed by atoms with Crippen molar-refractivity contribution in [2.24, 2.45) is 0 Å². The molecule has 0 unspecified atom stereocenters. The SMILES string of the molecule is CCCC[N+](CC)(CC)CC.Cc1ccc(S(=O)(=O)[O-])cc1. The minimum Gasteiger partial charge on any atom is -0.744 e. The van der Waals surface area contributed by atoms with Crippen molar-refractivity contribution in [3.63, 3.8) is 0 Å². The van der Waals surface area contributed by atoms with E-state index in [4.69, 9.17) is 0 Å². The molecule has 0 aliphatic heterocycles. The van der Waals surface area contributed by atoms with Crippen LogP contribution >= 0.6 is 0 Å². The second-order valence-electron chi connectivity index (χ2n) is 5.63. The highest BCUT2D eigenvalue weighted by Crippen LogP contribution is 2.09. The van der Waals surface area contributed by atoms with Crippen molar-refractivity contribution >= 4 is 10.1 Å². The lowest BCUT2D eigenvalue weighted by Crippen LogP contribution is -2.48. The summed E-state index contributed by atoms with van der Waals surface area (Å²) < 4.78 is 32.5. The molecule has 0 saturated heterocycles. The van der Waals surface area contributed by atoms with Crippen LogP contribution in [0.25, 0.3) is 0 Å². The lowest BCUT2D eigenvalue weighted by atomic mass is 10.2. The first-order valence-electron chi connectivity index (χ1n) is 8.12. The van der Waals surface area contributed by atoms with E-state index in [-0.39, 0.29) is 4.90 Å². The quantitative estimate of drug-likeness (QED) is 0.567. The van der Waals surface area contributed by atoms with Gasteiger partial charge in [-0.1, -0.05) is 31.0 Å². The maximum atomic E-state index is 10.4. The summed E-state index contributed by atoms with van der Waals surface area (Å²) in [7, 11) is -4.27. The zero-order chi connectivity index (χ0) is 17.2. The molecule has 0 saturated carbocycles. The van der Waals surface area contributed by atoms with Gasteiger partial charge in [0.1, 0.15) is 10.1 Å². The fourth-order valence-electron chi connectivity index (χ4n) is 2.34. The predicted molar refractivity (Wildman–Crippen MR) is 90.8 cm³/mol. The molecule has 0 spiro atoms. The second kappa shape index (κ2) is 9.98. The Labute approximate surface area is 136 Å². The molecule has 0 fully saturated rings. The van der Waals surface area contributed by atoms with E-state index in [1.54, 1.807) is 12.1 Å². The number of rotatable bonds is 7. The normalized spacial score (nSPS) is 11.7. The average Bonchev–Trinajstić information content (AvgIpc) is 2.49. The van der Waals surface area contributed by atoms with Crippen molar-refractivity contribution in [1.82, 2.24) is 0 Å². The van der Waals surface area contributed by atoms with Gasteiger partial charge >= 0.3 is 0 Å². The molecule has 0 aliphatic rings. The lowest BCUT2D eigenvalue weighted by Gasteiger charge is -2.35. The van der Waals surface area contributed by atoms with Crippen molar-refractivity contribution in [2.45, 2.75) is 52.4 Å². The van der Waals surface area contributed by atoms with E-state index in [1.807, 2.05) is 6.92 Å². The van der Waals surface area contributed by atoms with Gasteiger partial charge in [0.2, 0.25) is 0 Å². The minimum atomic E-state index is -4.27. The van der Waals surface area contributed by atoms with E-state index in [1.165, 1.54) is 55.6 Å². The average molecular weight is 330 g/mol. The molecule has 0 aromatic heterocycles. The molecule has 128 valence electrons. The van der Waals surface area contributed by atoms with Crippen molar-refractivity contribution in [2.75, 3.05) is 26.2 Å². The Bertz CT molecular complexity index is 497. The molecule has 0 amide bonds. The predicted octanol–water partition coefficient (Wildman–Crippen LogP) is 3.56. The van der Waals surface area contributed by atoms with Crippen molar-refractivity contribution < 1.29 is 17.5 Å². The molecule has 0 radical (unpaired) electrons. The van der Waals surface area contributed by atoms with Crippen LogP contribution in [0, 0.1) is 6.92 Å². The van der Waals surface area contributed by atoms with E-state index < -0.39 is 10.1 Å². The second-order valence-corrected chi connectivity index (χ2v) is 7.01. The summed E-state index contributed by atoms with van der Waals surface area (Å²) in [5, 5.41) is 0. The van der Waals surface area contributed by atoms with E-state index >= 15 is 0 Å². The van der Waals surface area contributed by atoms with Crippen molar-refractivity contribution in [3.05, 3.63) is 29.8 Å². The zero-order valence-electron chi connectivity index (χ0n) is 14.6. The molecule has 0 bridgehead atoms.